The Morgan fingerprint density at radius 2 is 1.93 bits per heavy atom. The number of ether oxygens (including phenoxy) is 1. The minimum absolute atomic E-state index is 0.122. The Morgan fingerprint density at radius 3 is 2.57 bits per heavy atom. The summed E-state index contributed by atoms with van der Waals surface area (Å²) in [6.07, 6.45) is 6.65. The van der Waals surface area contributed by atoms with Crippen LogP contribution in [0.3, 0.4) is 0 Å². The standard InChI is InChI=1S/C11H23NO2/c1-11(5-3-2-4-6-11)12-7-9-14-10-8-13/h12-13H,2-10H2,1H3. The molecule has 2 N–H and O–H groups in total. The fourth-order valence-electron chi connectivity index (χ4n) is 2.10. The van der Waals surface area contributed by atoms with Gasteiger partial charge in [0.25, 0.3) is 0 Å². The van der Waals surface area contributed by atoms with Crippen molar-refractivity contribution in [1.82, 2.24) is 5.32 Å². The first-order valence-corrected chi connectivity index (χ1v) is 5.70. The molecule has 3 heteroatoms. The van der Waals surface area contributed by atoms with Crippen molar-refractivity contribution in [3.8, 4) is 0 Å². The molecular formula is C11H23NO2. The van der Waals surface area contributed by atoms with Gasteiger partial charge in [-0.25, -0.2) is 0 Å². The third-order valence-electron chi connectivity index (χ3n) is 2.99. The Bertz CT molecular complexity index is 144. The molecule has 0 heterocycles. The number of rotatable bonds is 6. The lowest BCUT2D eigenvalue weighted by Gasteiger charge is -2.34. The van der Waals surface area contributed by atoms with Crippen LogP contribution >= 0.6 is 0 Å². The van der Waals surface area contributed by atoms with E-state index in [-0.39, 0.29) is 6.61 Å². The highest BCUT2D eigenvalue weighted by Crippen LogP contribution is 2.27. The summed E-state index contributed by atoms with van der Waals surface area (Å²) in [5, 5.41) is 12.1. The van der Waals surface area contributed by atoms with E-state index in [4.69, 9.17) is 9.84 Å². The highest BCUT2D eigenvalue weighted by atomic mass is 16.5. The second kappa shape index (κ2) is 6.38. The van der Waals surface area contributed by atoms with E-state index in [1.54, 1.807) is 0 Å². The van der Waals surface area contributed by atoms with Crippen molar-refractivity contribution in [3.63, 3.8) is 0 Å². The third kappa shape index (κ3) is 4.40. The Hall–Kier alpha value is -0.120. The zero-order chi connectivity index (χ0) is 10.3. The molecule has 0 aliphatic heterocycles. The van der Waals surface area contributed by atoms with Crippen molar-refractivity contribution < 1.29 is 9.84 Å². The summed E-state index contributed by atoms with van der Waals surface area (Å²) in [6.45, 7) is 4.49. The molecule has 0 radical (unpaired) electrons. The average Bonchev–Trinajstić information content (AvgIpc) is 2.18. The van der Waals surface area contributed by atoms with E-state index < -0.39 is 0 Å². The molecule has 1 rings (SSSR count). The minimum Gasteiger partial charge on any atom is -0.394 e. The average molecular weight is 201 g/mol. The normalized spacial score (nSPS) is 21.0. The summed E-state index contributed by atoms with van der Waals surface area (Å²) in [5.41, 5.74) is 0.334. The van der Waals surface area contributed by atoms with E-state index in [0.29, 0.717) is 18.8 Å². The number of nitrogens with one attached hydrogen (secondary N) is 1. The molecule has 0 amide bonds. The van der Waals surface area contributed by atoms with Crippen LogP contribution in [0.4, 0.5) is 0 Å². The predicted octanol–water partition coefficient (Wildman–Crippen LogP) is 1.31. The fourth-order valence-corrected chi connectivity index (χ4v) is 2.10. The first kappa shape index (κ1) is 12.0. The molecule has 84 valence electrons. The van der Waals surface area contributed by atoms with Crippen LogP contribution < -0.4 is 5.32 Å². The van der Waals surface area contributed by atoms with E-state index in [1.807, 2.05) is 0 Å². The molecule has 0 aromatic rings. The van der Waals surface area contributed by atoms with Gasteiger partial charge >= 0.3 is 0 Å². The predicted molar refractivity (Wildman–Crippen MR) is 57.4 cm³/mol. The summed E-state index contributed by atoms with van der Waals surface area (Å²) in [7, 11) is 0. The maximum Gasteiger partial charge on any atom is 0.0698 e. The second-order valence-corrected chi connectivity index (χ2v) is 4.38. The highest BCUT2D eigenvalue weighted by Gasteiger charge is 2.25. The number of hydrogen-bond donors (Lipinski definition) is 2. The largest absolute Gasteiger partial charge is 0.394 e. The smallest absolute Gasteiger partial charge is 0.0698 e. The Kier molecular flexibility index (Phi) is 5.45. The fraction of sp³-hybridized carbons (Fsp3) is 1.00. The van der Waals surface area contributed by atoms with Gasteiger partial charge in [-0.05, 0) is 19.8 Å². The topological polar surface area (TPSA) is 41.5 Å². The van der Waals surface area contributed by atoms with Crippen LogP contribution in [0.2, 0.25) is 0 Å². The second-order valence-electron chi connectivity index (χ2n) is 4.38. The van der Waals surface area contributed by atoms with Gasteiger partial charge in [-0.1, -0.05) is 19.3 Å². The van der Waals surface area contributed by atoms with Crippen LogP contribution in [0.5, 0.6) is 0 Å². The van der Waals surface area contributed by atoms with Crippen LogP contribution in [0.1, 0.15) is 39.0 Å². The van der Waals surface area contributed by atoms with E-state index in [9.17, 15) is 0 Å². The van der Waals surface area contributed by atoms with Gasteiger partial charge in [-0.15, -0.1) is 0 Å². The van der Waals surface area contributed by atoms with Crippen LogP contribution in [-0.2, 0) is 4.74 Å². The quantitative estimate of drug-likeness (QED) is 0.637. The first-order valence-electron chi connectivity index (χ1n) is 5.70. The van der Waals surface area contributed by atoms with E-state index in [1.165, 1.54) is 32.1 Å². The molecular weight excluding hydrogens is 178 g/mol. The summed E-state index contributed by atoms with van der Waals surface area (Å²) in [4.78, 5) is 0. The molecule has 0 bridgehead atoms. The maximum absolute atomic E-state index is 8.52. The SMILES string of the molecule is CC1(NCCOCCO)CCCCC1. The molecule has 0 aromatic heterocycles. The molecule has 1 saturated carbocycles. The van der Waals surface area contributed by atoms with Gasteiger partial charge in [0.05, 0.1) is 19.8 Å². The van der Waals surface area contributed by atoms with E-state index >= 15 is 0 Å². The van der Waals surface area contributed by atoms with Crippen molar-refractivity contribution in [2.24, 2.45) is 0 Å². The highest BCUT2D eigenvalue weighted by molar-refractivity contribution is 4.85. The van der Waals surface area contributed by atoms with Crippen LogP contribution in [0.25, 0.3) is 0 Å². The van der Waals surface area contributed by atoms with Gasteiger partial charge in [-0.3, -0.25) is 0 Å². The van der Waals surface area contributed by atoms with E-state index in [2.05, 4.69) is 12.2 Å². The summed E-state index contributed by atoms with van der Waals surface area (Å²) >= 11 is 0. The molecule has 1 fully saturated rings. The molecule has 0 atom stereocenters. The molecule has 0 unspecified atom stereocenters. The zero-order valence-electron chi connectivity index (χ0n) is 9.22. The van der Waals surface area contributed by atoms with Crippen LogP contribution in [0, 0.1) is 0 Å². The van der Waals surface area contributed by atoms with Gasteiger partial charge in [0.2, 0.25) is 0 Å². The van der Waals surface area contributed by atoms with Crippen LogP contribution in [-0.4, -0.2) is 37.0 Å². The van der Waals surface area contributed by atoms with Gasteiger partial charge in [0, 0.05) is 12.1 Å². The first-order chi connectivity index (χ1) is 6.77. The molecule has 14 heavy (non-hydrogen) atoms. The summed E-state index contributed by atoms with van der Waals surface area (Å²) < 4.78 is 5.21. The third-order valence-corrected chi connectivity index (χ3v) is 2.99. The Morgan fingerprint density at radius 1 is 1.21 bits per heavy atom. The van der Waals surface area contributed by atoms with Crippen molar-refractivity contribution >= 4 is 0 Å². The number of aliphatic hydroxyl groups excluding tert-OH is 1. The van der Waals surface area contributed by atoms with E-state index in [0.717, 1.165) is 6.54 Å². The van der Waals surface area contributed by atoms with Crippen LogP contribution in [0.15, 0.2) is 0 Å². The molecule has 0 spiro atoms. The monoisotopic (exact) mass is 201 g/mol. The maximum atomic E-state index is 8.52. The molecule has 3 nitrogen and oxygen atoms in total. The zero-order valence-corrected chi connectivity index (χ0v) is 9.22. The summed E-state index contributed by atoms with van der Waals surface area (Å²) in [6, 6.07) is 0. The van der Waals surface area contributed by atoms with Gasteiger partial charge in [0.15, 0.2) is 0 Å². The summed E-state index contributed by atoms with van der Waals surface area (Å²) in [5.74, 6) is 0. The lowest BCUT2D eigenvalue weighted by molar-refractivity contribution is 0.0876. The van der Waals surface area contributed by atoms with Crippen molar-refractivity contribution in [2.75, 3.05) is 26.4 Å². The Labute approximate surface area is 86.8 Å². The minimum atomic E-state index is 0.122. The van der Waals surface area contributed by atoms with Crippen molar-refractivity contribution in [1.29, 1.82) is 0 Å². The molecule has 0 saturated heterocycles. The van der Waals surface area contributed by atoms with Gasteiger partial charge in [-0.2, -0.15) is 0 Å². The molecule has 1 aliphatic rings. The lowest BCUT2D eigenvalue weighted by Crippen LogP contribution is -2.45. The van der Waals surface area contributed by atoms with Gasteiger partial charge in [0.1, 0.15) is 0 Å². The van der Waals surface area contributed by atoms with Gasteiger partial charge < -0.3 is 15.2 Å². The van der Waals surface area contributed by atoms with Crippen molar-refractivity contribution in [3.05, 3.63) is 0 Å². The molecule has 1 aliphatic carbocycles. The lowest BCUT2D eigenvalue weighted by atomic mass is 9.83. The number of aliphatic hydroxyl groups is 1. The number of hydrogen-bond acceptors (Lipinski definition) is 3. The van der Waals surface area contributed by atoms with Crippen molar-refractivity contribution in [2.45, 2.75) is 44.6 Å². The molecule has 0 aromatic carbocycles. The Balaban J connectivity index is 2.03.